The summed E-state index contributed by atoms with van der Waals surface area (Å²) in [5, 5.41) is 0. The molecule has 2 aromatic rings. The molecule has 0 heterocycles. The average Bonchev–Trinajstić information content (AvgIpc) is 2.48. The Bertz CT molecular complexity index is 540. The Morgan fingerprint density at radius 3 is 2.15 bits per heavy atom. The monoisotopic (exact) mass is 271 g/mol. The van der Waals surface area contributed by atoms with Crippen LogP contribution in [0.1, 0.15) is 11.1 Å². The van der Waals surface area contributed by atoms with Crippen molar-refractivity contribution in [1.29, 1.82) is 0 Å². The van der Waals surface area contributed by atoms with Crippen LogP contribution in [0, 0.1) is 0 Å². The molecule has 0 fully saturated rings. The molecule has 0 aliphatic heterocycles. The zero-order chi connectivity index (χ0) is 14.4. The highest BCUT2D eigenvalue weighted by Gasteiger charge is 2.09. The van der Waals surface area contributed by atoms with E-state index in [0.717, 1.165) is 29.9 Å². The molecule has 0 aliphatic carbocycles. The molecule has 0 radical (unpaired) electrons. The Morgan fingerprint density at radius 1 is 0.850 bits per heavy atom. The summed E-state index contributed by atoms with van der Waals surface area (Å²) < 4.78 is 10.5. The summed E-state index contributed by atoms with van der Waals surface area (Å²) in [6, 6.07) is 16.3. The Labute approximate surface area is 120 Å². The van der Waals surface area contributed by atoms with Gasteiger partial charge in [-0.1, -0.05) is 36.4 Å². The summed E-state index contributed by atoms with van der Waals surface area (Å²) >= 11 is 0. The molecule has 2 aromatic carbocycles. The van der Waals surface area contributed by atoms with Crippen molar-refractivity contribution in [3.8, 4) is 11.5 Å². The molecule has 0 aliphatic rings. The fourth-order valence-electron chi connectivity index (χ4n) is 2.30. The summed E-state index contributed by atoms with van der Waals surface area (Å²) in [6.07, 6.45) is 1.68. The minimum atomic E-state index is 0.0931. The maximum Gasteiger partial charge on any atom is 0.160 e. The SMILES string of the molecule is COc1ccc(C[C@@H](N)Cc2ccccc2)cc1OC. The molecular weight excluding hydrogens is 250 g/mol. The predicted octanol–water partition coefficient (Wildman–Crippen LogP) is 2.82. The number of nitrogens with two attached hydrogens (primary N) is 1. The average molecular weight is 271 g/mol. The van der Waals surface area contributed by atoms with Crippen LogP contribution in [-0.2, 0) is 12.8 Å². The smallest absolute Gasteiger partial charge is 0.160 e. The van der Waals surface area contributed by atoms with Gasteiger partial charge in [0.2, 0.25) is 0 Å². The van der Waals surface area contributed by atoms with Gasteiger partial charge in [-0.3, -0.25) is 0 Å². The van der Waals surface area contributed by atoms with Gasteiger partial charge in [0.25, 0.3) is 0 Å². The third-order valence-corrected chi connectivity index (χ3v) is 3.29. The number of hydrogen-bond acceptors (Lipinski definition) is 3. The van der Waals surface area contributed by atoms with Gasteiger partial charge in [-0.05, 0) is 36.1 Å². The van der Waals surface area contributed by atoms with Crippen LogP contribution in [0.3, 0.4) is 0 Å². The second kappa shape index (κ2) is 6.96. The highest BCUT2D eigenvalue weighted by Crippen LogP contribution is 2.28. The van der Waals surface area contributed by atoms with E-state index >= 15 is 0 Å². The van der Waals surface area contributed by atoms with Gasteiger partial charge in [0.1, 0.15) is 0 Å². The molecule has 0 bridgehead atoms. The van der Waals surface area contributed by atoms with Crippen LogP contribution < -0.4 is 15.2 Å². The lowest BCUT2D eigenvalue weighted by Crippen LogP contribution is -2.25. The van der Waals surface area contributed by atoms with E-state index in [1.807, 2.05) is 36.4 Å². The zero-order valence-corrected chi connectivity index (χ0v) is 12.0. The molecule has 2 rings (SSSR count). The Balaban J connectivity index is 2.02. The maximum atomic E-state index is 6.23. The van der Waals surface area contributed by atoms with Gasteiger partial charge in [-0.25, -0.2) is 0 Å². The molecule has 0 unspecified atom stereocenters. The minimum absolute atomic E-state index is 0.0931. The van der Waals surface area contributed by atoms with Crippen molar-refractivity contribution in [3.05, 3.63) is 59.7 Å². The Morgan fingerprint density at radius 2 is 1.50 bits per heavy atom. The van der Waals surface area contributed by atoms with Gasteiger partial charge >= 0.3 is 0 Å². The van der Waals surface area contributed by atoms with Crippen LogP contribution in [0.2, 0.25) is 0 Å². The molecule has 106 valence electrons. The molecule has 3 heteroatoms. The molecule has 0 saturated heterocycles. The lowest BCUT2D eigenvalue weighted by Gasteiger charge is -2.14. The van der Waals surface area contributed by atoms with Crippen LogP contribution in [0.4, 0.5) is 0 Å². The fraction of sp³-hybridized carbons (Fsp3) is 0.294. The molecule has 0 amide bonds. The number of benzene rings is 2. The van der Waals surface area contributed by atoms with E-state index < -0.39 is 0 Å². The summed E-state index contributed by atoms with van der Waals surface area (Å²) in [6.45, 7) is 0. The number of methoxy groups -OCH3 is 2. The zero-order valence-electron chi connectivity index (χ0n) is 12.0. The van der Waals surface area contributed by atoms with Crippen molar-refractivity contribution in [2.75, 3.05) is 14.2 Å². The molecule has 3 nitrogen and oxygen atoms in total. The van der Waals surface area contributed by atoms with E-state index in [2.05, 4.69) is 12.1 Å². The standard InChI is InChI=1S/C17H21NO2/c1-19-16-9-8-14(12-17(16)20-2)11-15(18)10-13-6-4-3-5-7-13/h3-9,12,15H,10-11,18H2,1-2H3/t15-/m0/s1. The van der Waals surface area contributed by atoms with Gasteiger partial charge in [-0.2, -0.15) is 0 Å². The maximum absolute atomic E-state index is 6.23. The molecular formula is C17H21NO2. The van der Waals surface area contributed by atoms with Crippen LogP contribution >= 0.6 is 0 Å². The quantitative estimate of drug-likeness (QED) is 0.878. The minimum Gasteiger partial charge on any atom is -0.493 e. The number of ether oxygens (including phenoxy) is 2. The van der Waals surface area contributed by atoms with Crippen molar-refractivity contribution in [1.82, 2.24) is 0 Å². The first kappa shape index (κ1) is 14.4. The van der Waals surface area contributed by atoms with Gasteiger partial charge in [0.15, 0.2) is 11.5 Å². The van der Waals surface area contributed by atoms with Gasteiger partial charge < -0.3 is 15.2 Å². The highest BCUT2D eigenvalue weighted by atomic mass is 16.5. The first-order valence-corrected chi connectivity index (χ1v) is 6.73. The van der Waals surface area contributed by atoms with Crippen LogP contribution in [0.5, 0.6) is 11.5 Å². The third kappa shape index (κ3) is 3.75. The van der Waals surface area contributed by atoms with Crippen molar-refractivity contribution in [2.24, 2.45) is 5.73 Å². The van der Waals surface area contributed by atoms with Crippen LogP contribution in [-0.4, -0.2) is 20.3 Å². The van der Waals surface area contributed by atoms with Crippen molar-refractivity contribution >= 4 is 0 Å². The Kier molecular flexibility index (Phi) is 5.02. The molecule has 2 N–H and O–H groups in total. The lowest BCUT2D eigenvalue weighted by atomic mass is 9.99. The van der Waals surface area contributed by atoms with E-state index in [1.54, 1.807) is 14.2 Å². The van der Waals surface area contributed by atoms with E-state index in [0.29, 0.717) is 0 Å². The summed E-state index contributed by atoms with van der Waals surface area (Å²) in [4.78, 5) is 0. The number of rotatable bonds is 6. The molecule has 1 atom stereocenters. The third-order valence-electron chi connectivity index (χ3n) is 3.29. The largest absolute Gasteiger partial charge is 0.493 e. The highest BCUT2D eigenvalue weighted by molar-refractivity contribution is 5.43. The summed E-state index contributed by atoms with van der Waals surface area (Å²) in [5.41, 5.74) is 8.65. The lowest BCUT2D eigenvalue weighted by molar-refractivity contribution is 0.354. The van der Waals surface area contributed by atoms with Crippen LogP contribution in [0.15, 0.2) is 48.5 Å². The summed E-state index contributed by atoms with van der Waals surface area (Å²) in [5.74, 6) is 1.49. The van der Waals surface area contributed by atoms with E-state index in [-0.39, 0.29) is 6.04 Å². The van der Waals surface area contributed by atoms with E-state index in [1.165, 1.54) is 5.56 Å². The topological polar surface area (TPSA) is 44.5 Å². The van der Waals surface area contributed by atoms with Crippen molar-refractivity contribution in [3.63, 3.8) is 0 Å². The second-order valence-electron chi connectivity index (χ2n) is 4.84. The Hall–Kier alpha value is -2.00. The first-order chi connectivity index (χ1) is 9.72. The molecule has 0 spiro atoms. The van der Waals surface area contributed by atoms with Gasteiger partial charge in [0, 0.05) is 6.04 Å². The van der Waals surface area contributed by atoms with E-state index in [9.17, 15) is 0 Å². The van der Waals surface area contributed by atoms with E-state index in [4.69, 9.17) is 15.2 Å². The van der Waals surface area contributed by atoms with Gasteiger partial charge in [0.05, 0.1) is 14.2 Å². The van der Waals surface area contributed by atoms with Crippen LogP contribution in [0.25, 0.3) is 0 Å². The normalized spacial score (nSPS) is 11.9. The molecule has 0 aromatic heterocycles. The second-order valence-corrected chi connectivity index (χ2v) is 4.84. The molecule has 0 saturated carbocycles. The summed E-state index contributed by atoms with van der Waals surface area (Å²) in [7, 11) is 3.28. The van der Waals surface area contributed by atoms with Gasteiger partial charge in [-0.15, -0.1) is 0 Å². The molecule has 20 heavy (non-hydrogen) atoms. The number of hydrogen-bond donors (Lipinski definition) is 1. The van der Waals surface area contributed by atoms with Crippen molar-refractivity contribution < 1.29 is 9.47 Å². The fourth-order valence-corrected chi connectivity index (χ4v) is 2.30. The van der Waals surface area contributed by atoms with Crippen molar-refractivity contribution in [2.45, 2.75) is 18.9 Å². The predicted molar refractivity (Wildman–Crippen MR) is 81.4 cm³/mol. The first-order valence-electron chi connectivity index (χ1n) is 6.73.